The molecule has 0 amide bonds. The van der Waals surface area contributed by atoms with Crippen molar-refractivity contribution in [3.05, 3.63) is 28.7 Å². The third kappa shape index (κ3) is 6.71. The Morgan fingerprint density at radius 3 is 2.48 bits per heavy atom. The number of benzene rings is 1. The number of hydrogen-bond acceptors (Lipinski definition) is 3. The van der Waals surface area contributed by atoms with Crippen LogP contribution in [0.3, 0.4) is 0 Å². The van der Waals surface area contributed by atoms with Crippen LogP contribution in [0.5, 0.6) is 0 Å². The van der Waals surface area contributed by atoms with Crippen LogP contribution in [-0.2, 0) is 9.84 Å². The number of aliphatic imine (C=N–C) groups is 1. The highest BCUT2D eigenvalue weighted by Crippen LogP contribution is 2.28. The van der Waals surface area contributed by atoms with Gasteiger partial charge in [-0.3, -0.25) is 4.99 Å². The van der Waals surface area contributed by atoms with Gasteiger partial charge in [0.25, 0.3) is 0 Å². The summed E-state index contributed by atoms with van der Waals surface area (Å²) in [4.78, 5) is 7.09. The van der Waals surface area contributed by atoms with Crippen molar-refractivity contribution in [2.75, 3.05) is 31.9 Å². The van der Waals surface area contributed by atoms with Gasteiger partial charge in [0.05, 0.1) is 17.2 Å². The second kappa shape index (κ2) is 9.55. The van der Waals surface area contributed by atoms with E-state index in [-0.39, 0.29) is 41.7 Å². The van der Waals surface area contributed by atoms with Crippen molar-refractivity contribution >= 4 is 55.7 Å². The van der Waals surface area contributed by atoms with Crippen LogP contribution in [0.1, 0.15) is 27.2 Å². The van der Waals surface area contributed by atoms with Crippen molar-refractivity contribution in [2.24, 2.45) is 10.4 Å². The predicted molar refractivity (Wildman–Crippen MR) is 118 cm³/mol. The van der Waals surface area contributed by atoms with E-state index in [0.29, 0.717) is 4.90 Å². The van der Waals surface area contributed by atoms with Gasteiger partial charge in [-0.1, -0.05) is 29.8 Å². The number of likely N-dealkylation sites (tertiary alicyclic amines) is 1. The van der Waals surface area contributed by atoms with Gasteiger partial charge in [-0.15, -0.1) is 24.0 Å². The summed E-state index contributed by atoms with van der Waals surface area (Å²) in [5.74, 6) is 0.829. The summed E-state index contributed by atoms with van der Waals surface area (Å²) >= 11 is 3.32. The molecule has 5 nitrogen and oxygen atoms in total. The molecule has 142 valence electrons. The Kier molecular flexibility index (Phi) is 8.66. The SMILES string of the molecule is CCNC(=NCCS(=O)(=O)c1ccc(Br)cc1)N1CCC(C)(C)C1.I. The normalized spacial score (nSPS) is 17.3. The first kappa shape index (κ1) is 22.7. The number of nitrogens with zero attached hydrogens (tertiary/aromatic N) is 2. The van der Waals surface area contributed by atoms with Crippen molar-refractivity contribution in [1.29, 1.82) is 0 Å². The largest absolute Gasteiger partial charge is 0.357 e. The summed E-state index contributed by atoms with van der Waals surface area (Å²) in [6.45, 7) is 9.45. The summed E-state index contributed by atoms with van der Waals surface area (Å²) < 4.78 is 25.6. The van der Waals surface area contributed by atoms with Gasteiger partial charge in [0.1, 0.15) is 0 Å². The zero-order chi connectivity index (χ0) is 17.8. The molecule has 2 rings (SSSR count). The molecule has 8 heteroatoms. The average Bonchev–Trinajstić information content (AvgIpc) is 2.87. The summed E-state index contributed by atoms with van der Waals surface area (Å²) in [7, 11) is -3.31. The lowest BCUT2D eigenvalue weighted by molar-refractivity contribution is 0.370. The zero-order valence-corrected chi connectivity index (χ0v) is 19.7. The minimum atomic E-state index is -3.31. The summed E-state index contributed by atoms with van der Waals surface area (Å²) in [5.41, 5.74) is 0.277. The number of halogens is 2. The first-order valence-corrected chi connectivity index (χ1v) is 10.7. The van der Waals surface area contributed by atoms with Gasteiger partial charge in [0, 0.05) is 24.1 Å². The first-order valence-electron chi connectivity index (χ1n) is 8.25. The molecule has 1 aliphatic heterocycles. The molecule has 1 fully saturated rings. The summed E-state index contributed by atoms with van der Waals surface area (Å²) in [6, 6.07) is 6.73. The van der Waals surface area contributed by atoms with Gasteiger partial charge in [-0.05, 0) is 43.0 Å². The maximum absolute atomic E-state index is 12.4. The highest BCUT2D eigenvalue weighted by molar-refractivity contribution is 14.0. The van der Waals surface area contributed by atoms with Crippen LogP contribution in [0.15, 0.2) is 38.6 Å². The molecule has 0 aliphatic carbocycles. The first-order chi connectivity index (χ1) is 11.2. The minimum absolute atomic E-state index is 0. The predicted octanol–water partition coefficient (Wildman–Crippen LogP) is 3.54. The molecule has 1 N–H and O–H groups in total. The molecule has 1 saturated heterocycles. The Hall–Kier alpha value is -0.350. The van der Waals surface area contributed by atoms with E-state index in [1.807, 2.05) is 6.92 Å². The van der Waals surface area contributed by atoms with Gasteiger partial charge in [0.2, 0.25) is 0 Å². The fourth-order valence-corrected chi connectivity index (χ4v) is 4.13. The van der Waals surface area contributed by atoms with Gasteiger partial charge in [-0.25, -0.2) is 8.42 Å². The third-order valence-electron chi connectivity index (χ3n) is 4.11. The van der Waals surface area contributed by atoms with Crippen LogP contribution >= 0.6 is 39.9 Å². The lowest BCUT2D eigenvalue weighted by Crippen LogP contribution is -2.41. The number of nitrogens with one attached hydrogen (secondary N) is 1. The van der Waals surface area contributed by atoms with Gasteiger partial charge >= 0.3 is 0 Å². The van der Waals surface area contributed by atoms with Crippen LogP contribution in [0.4, 0.5) is 0 Å². The Bertz CT molecular complexity index is 690. The molecule has 1 aromatic carbocycles. The van der Waals surface area contributed by atoms with Crippen molar-refractivity contribution in [1.82, 2.24) is 10.2 Å². The van der Waals surface area contributed by atoms with E-state index in [1.54, 1.807) is 24.3 Å². The van der Waals surface area contributed by atoms with Gasteiger partial charge in [-0.2, -0.15) is 0 Å². The van der Waals surface area contributed by atoms with Crippen LogP contribution in [0.2, 0.25) is 0 Å². The molecule has 0 atom stereocenters. The van der Waals surface area contributed by atoms with E-state index in [0.717, 1.165) is 36.5 Å². The second-order valence-corrected chi connectivity index (χ2v) is 9.87. The van der Waals surface area contributed by atoms with Crippen molar-refractivity contribution in [2.45, 2.75) is 32.1 Å². The van der Waals surface area contributed by atoms with E-state index in [1.165, 1.54) is 0 Å². The average molecular weight is 544 g/mol. The topological polar surface area (TPSA) is 61.8 Å². The third-order valence-corrected chi connectivity index (χ3v) is 6.35. The van der Waals surface area contributed by atoms with E-state index in [4.69, 9.17) is 0 Å². The fraction of sp³-hybridized carbons (Fsp3) is 0.588. The van der Waals surface area contributed by atoms with E-state index >= 15 is 0 Å². The fourth-order valence-electron chi connectivity index (χ4n) is 2.75. The molecular weight excluding hydrogens is 517 g/mol. The molecule has 0 aromatic heterocycles. The lowest BCUT2D eigenvalue weighted by Gasteiger charge is -2.23. The smallest absolute Gasteiger partial charge is 0.193 e. The van der Waals surface area contributed by atoms with Crippen molar-refractivity contribution in [3.63, 3.8) is 0 Å². The zero-order valence-electron chi connectivity index (χ0n) is 15.0. The molecular formula is C17H27BrIN3O2S. The van der Waals surface area contributed by atoms with Crippen molar-refractivity contribution < 1.29 is 8.42 Å². The Balaban J connectivity index is 0.00000312. The van der Waals surface area contributed by atoms with Crippen LogP contribution < -0.4 is 5.32 Å². The maximum Gasteiger partial charge on any atom is 0.193 e. The molecule has 1 aliphatic rings. The van der Waals surface area contributed by atoms with Crippen LogP contribution in [-0.4, -0.2) is 51.2 Å². The summed E-state index contributed by atoms with van der Waals surface area (Å²) in [6.07, 6.45) is 1.12. The Morgan fingerprint density at radius 1 is 1.32 bits per heavy atom. The quantitative estimate of drug-likeness (QED) is 0.350. The molecule has 0 spiro atoms. The number of rotatable bonds is 5. The molecule has 0 saturated carbocycles. The minimum Gasteiger partial charge on any atom is -0.357 e. The number of hydrogen-bond donors (Lipinski definition) is 1. The van der Waals surface area contributed by atoms with Crippen molar-refractivity contribution in [3.8, 4) is 0 Å². The van der Waals surface area contributed by atoms with E-state index < -0.39 is 9.84 Å². The Labute approximate surface area is 176 Å². The van der Waals surface area contributed by atoms with Crippen LogP contribution in [0.25, 0.3) is 0 Å². The monoisotopic (exact) mass is 543 g/mol. The Morgan fingerprint density at radius 2 is 1.96 bits per heavy atom. The molecule has 1 aromatic rings. The number of guanidine groups is 1. The maximum atomic E-state index is 12.4. The van der Waals surface area contributed by atoms with Crippen LogP contribution in [0, 0.1) is 5.41 Å². The molecule has 0 radical (unpaired) electrons. The highest BCUT2D eigenvalue weighted by atomic mass is 127. The second-order valence-electron chi connectivity index (χ2n) is 6.84. The highest BCUT2D eigenvalue weighted by Gasteiger charge is 2.30. The molecule has 1 heterocycles. The standard InChI is InChI=1S/C17H26BrN3O2S.HI/c1-4-19-16(21-11-9-17(2,3)13-21)20-10-12-24(22,23)15-7-5-14(18)6-8-15;/h5-8H,4,9-13H2,1-3H3,(H,19,20);1H. The molecule has 0 bridgehead atoms. The molecule has 25 heavy (non-hydrogen) atoms. The summed E-state index contributed by atoms with van der Waals surface area (Å²) in [5, 5.41) is 3.27. The lowest BCUT2D eigenvalue weighted by atomic mass is 9.93. The molecule has 0 unspecified atom stereocenters. The van der Waals surface area contributed by atoms with E-state index in [2.05, 4.69) is 45.0 Å². The van der Waals surface area contributed by atoms with E-state index in [9.17, 15) is 8.42 Å². The number of sulfone groups is 1. The van der Waals surface area contributed by atoms with Gasteiger partial charge < -0.3 is 10.2 Å². The van der Waals surface area contributed by atoms with Gasteiger partial charge in [0.15, 0.2) is 15.8 Å².